The Balaban J connectivity index is 1.57. The van der Waals surface area contributed by atoms with Gasteiger partial charge in [0.15, 0.2) is 0 Å². The number of aromatic amines is 1. The van der Waals surface area contributed by atoms with Crippen molar-refractivity contribution in [3.05, 3.63) is 36.0 Å². The van der Waals surface area contributed by atoms with E-state index in [1.807, 2.05) is 30.5 Å². The number of para-hydroxylation sites is 1. The van der Waals surface area contributed by atoms with Gasteiger partial charge in [-0.2, -0.15) is 0 Å². The van der Waals surface area contributed by atoms with Gasteiger partial charge in [0, 0.05) is 30.2 Å². The molecule has 0 radical (unpaired) electrons. The third-order valence-electron chi connectivity index (χ3n) is 4.75. The monoisotopic (exact) mass is 269 g/mol. The molecule has 2 saturated heterocycles. The standard InChI is InChI=1S/C16H19N3O/c20-16(12-4-1-3-11-6-8-17-15(11)12)18-13-7-10-19-9-2-5-14(13)19/h1,3-4,6,8,13-14,17H,2,5,7,9-10H2,(H,18,20). The van der Waals surface area contributed by atoms with Crippen molar-refractivity contribution >= 4 is 16.8 Å². The fraction of sp³-hybridized carbons (Fsp3) is 0.438. The molecule has 3 heterocycles. The molecule has 1 aromatic heterocycles. The normalized spacial score (nSPS) is 26.0. The minimum atomic E-state index is 0.0526. The first kappa shape index (κ1) is 12.0. The van der Waals surface area contributed by atoms with E-state index in [9.17, 15) is 4.79 Å². The molecular weight excluding hydrogens is 250 g/mol. The first-order valence-electron chi connectivity index (χ1n) is 7.44. The number of amides is 1. The second-order valence-corrected chi connectivity index (χ2v) is 5.86. The highest BCUT2D eigenvalue weighted by atomic mass is 16.1. The van der Waals surface area contributed by atoms with Crippen LogP contribution in [-0.2, 0) is 0 Å². The van der Waals surface area contributed by atoms with Gasteiger partial charge in [0.05, 0.1) is 11.1 Å². The summed E-state index contributed by atoms with van der Waals surface area (Å²) in [5, 5.41) is 4.34. The Morgan fingerprint density at radius 2 is 2.20 bits per heavy atom. The largest absolute Gasteiger partial charge is 0.361 e. The molecule has 1 amide bonds. The van der Waals surface area contributed by atoms with Gasteiger partial charge in [-0.05, 0) is 37.9 Å². The minimum Gasteiger partial charge on any atom is -0.361 e. The predicted molar refractivity (Wildman–Crippen MR) is 78.8 cm³/mol. The lowest BCUT2D eigenvalue weighted by molar-refractivity contribution is 0.0931. The van der Waals surface area contributed by atoms with Crippen LogP contribution in [0.2, 0.25) is 0 Å². The van der Waals surface area contributed by atoms with Crippen molar-refractivity contribution in [2.24, 2.45) is 0 Å². The summed E-state index contributed by atoms with van der Waals surface area (Å²) in [6, 6.07) is 8.74. The molecule has 2 aliphatic heterocycles. The molecule has 4 nitrogen and oxygen atoms in total. The maximum Gasteiger partial charge on any atom is 0.253 e. The Morgan fingerprint density at radius 1 is 1.25 bits per heavy atom. The summed E-state index contributed by atoms with van der Waals surface area (Å²) in [6.07, 6.45) is 5.45. The maximum atomic E-state index is 12.6. The first-order chi connectivity index (χ1) is 9.83. The fourth-order valence-corrected chi connectivity index (χ4v) is 3.77. The first-order valence-corrected chi connectivity index (χ1v) is 7.44. The zero-order chi connectivity index (χ0) is 13.5. The number of hydrogen-bond donors (Lipinski definition) is 2. The number of nitrogens with one attached hydrogen (secondary N) is 2. The summed E-state index contributed by atoms with van der Waals surface area (Å²) < 4.78 is 0. The van der Waals surface area contributed by atoms with Crippen LogP contribution in [0.1, 0.15) is 29.6 Å². The molecule has 4 heteroatoms. The highest BCUT2D eigenvalue weighted by molar-refractivity contribution is 6.05. The van der Waals surface area contributed by atoms with Gasteiger partial charge in [0.25, 0.3) is 5.91 Å². The van der Waals surface area contributed by atoms with Crippen molar-refractivity contribution in [1.82, 2.24) is 15.2 Å². The van der Waals surface area contributed by atoms with Gasteiger partial charge in [0.2, 0.25) is 0 Å². The van der Waals surface area contributed by atoms with Crippen molar-refractivity contribution in [3.63, 3.8) is 0 Å². The second-order valence-electron chi connectivity index (χ2n) is 5.86. The van der Waals surface area contributed by atoms with E-state index in [0.717, 1.165) is 29.4 Å². The van der Waals surface area contributed by atoms with E-state index in [-0.39, 0.29) is 5.91 Å². The average Bonchev–Trinajstić information content (AvgIpc) is 3.14. The molecule has 104 valence electrons. The van der Waals surface area contributed by atoms with Crippen LogP contribution in [-0.4, -0.2) is 41.0 Å². The van der Waals surface area contributed by atoms with Gasteiger partial charge in [-0.25, -0.2) is 0 Å². The van der Waals surface area contributed by atoms with Gasteiger partial charge >= 0.3 is 0 Å². The summed E-state index contributed by atoms with van der Waals surface area (Å²) in [7, 11) is 0. The lowest BCUT2D eigenvalue weighted by atomic mass is 10.1. The van der Waals surface area contributed by atoms with Crippen LogP contribution >= 0.6 is 0 Å². The Kier molecular flexibility index (Phi) is 2.77. The average molecular weight is 269 g/mol. The topological polar surface area (TPSA) is 48.1 Å². The molecule has 2 atom stereocenters. The van der Waals surface area contributed by atoms with Crippen LogP contribution in [0.4, 0.5) is 0 Å². The van der Waals surface area contributed by atoms with Crippen LogP contribution in [0.25, 0.3) is 10.9 Å². The van der Waals surface area contributed by atoms with Crippen molar-refractivity contribution in [3.8, 4) is 0 Å². The summed E-state index contributed by atoms with van der Waals surface area (Å²) in [5.74, 6) is 0.0526. The molecule has 0 saturated carbocycles. The molecule has 2 aliphatic rings. The number of aromatic nitrogens is 1. The third-order valence-corrected chi connectivity index (χ3v) is 4.75. The number of benzene rings is 1. The van der Waals surface area contributed by atoms with Crippen LogP contribution in [0.15, 0.2) is 30.5 Å². The fourth-order valence-electron chi connectivity index (χ4n) is 3.77. The van der Waals surface area contributed by atoms with Crippen molar-refractivity contribution < 1.29 is 4.79 Å². The van der Waals surface area contributed by atoms with Gasteiger partial charge in [-0.15, -0.1) is 0 Å². The van der Waals surface area contributed by atoms with E-state index < -0.39 is 0 Å². The third kappa shape index (κ3) is 1.83. The highest BCUT2D eigenvalue weighted by Crippen LogP contribution is 2.28. The zero-order valence-corrected chi connectivity index (χ0v) is 11.4. The molecule has 0 bridgehead atoms. The van der Waals surface area contributed by atoms with Crippen molar-refractivity contribution in [1.29, 1.82) is 0 Å². The smallest absolute Gasteiger partial charge is 0.253 e. The number of carbonyl (C=O) groups is 1. The second kappa shape index (κ2) is 4.63. The number of carbonyl (C=O) groups excluding carboxylic acids is 1. The van der Waals surface area contributed by atoms with E-state index in [0.29, 0.717) is 12.1 Å². The van der Waals surface area contributed by atoms with Crippen molar-refractivity contribution in [2.45, 2.75) is 31.3 Å². The molecule has 0 spiro atoms. The van der Waals surface area contributed by atoms with E-state index in [1.165, 1.54) is 19.4 Å². The zero-order valence-electron chi connectivity index (χ0n) is 11.4. The molecule has 2 unspecified atom stereocenters. The number of fused-ring (bicyclic) bond motifs is 2. The lowest BCUT2D eigenvalue weighted by Crippen LogP contribution is -2.42. The Morgan fingerprint density at radius 3 is 3.15 bits per heavy atom. The van der Waals surface area contributed by atoms with E-state index in [4.69, 9.17) is 0 Å². The molecule has 2 aromatic rings. The molecule has 20 heavy (non-hydrogen) atoms. The number of rotatable bonds is 2. The van der Waals surface area contributed by atoms with Crippen LogP contribution in [0.5, 0.6) is 0 Å². The predicted octanol–water partition coefficient (Wildman–Crippen LogP) is 2.13. The number of H-pyrrole nitrogens is 1. The van der Waals surface area contributed by atoms with E-state index in [2.05, 4.69) is 15.2 Å². The molecule has 1 aromatic carbocycles. The molecular formula is C16H19N3O. The number of hydrogen-bond acceptors (Lipinski definition) is 2. The van der Waals surface area contributed by atoms with Crippen LogP contribution < -0.4 is 5.32 Å². The Labute approximate surface area is 118 Å². The molecule has 2 fully saturated rings. The lowest BCUT2D eigenvalue weighted by Gasteiger charge is -2.21. The van der Waals surface area contributed by atoms with Crippen LogP contribution in [0.3, 0.4) is 0 Å². The van der Waals surface area contributed by atoms with Crippen LogP contribution in [0, 0.1) is 0 Å². The summed E-state index contributed by atoms with van der Waals surface area (Å²) in [6.45, 7) is 2.32. The molecule has 2 N–H and O–H groups in total. The Hall–Kier alpha value is -1.81. The minimum absolute atomic E-state index is 0.0526. The van der Waals surface area contributed by atoms with Gasteiger partial charge in [0.1, 0.15) is 0 Å². The summed E-state index contributed by atoms with van der Waals surface area (Å²) in [5.41, 5.74) is 1.69. The maximum absolute atomic E-state index is 12.6. The molecule has 0 aliphatic carbocycles. The van der Waals surface area contributed by atoms with Crippen molar-refractivity contribution in [2.75, 3.05) is 13.1 Å². The van der Waals surface area contributed by atoms with Gasteiger partial charge in [-0.1, -0.05) is 12.1 Å². The quantitative estimate of drug-likeness (QED) is 0.877. The highest BCUT2D eigenvalue weighted by Gasteiger charge is 2.37. The van der Waals surface area contributed by atoms with Gasteiger partial charge < -0.3 is 10.3 Å². The number of nitrogens with zero attached hydrogens (tertiary/aromatic N) is 1. The molecule has 4 rings (SSSR count). The van der Waals surface area contributed by atoms with Gasteiger partial charge in [-0.3, -0.25) is 9.69 Å². The van der Waals surface area contributed by atoms with E-state index in [1.54, 1.807) is 0 Å². The summed E-state index contributed by atoms with van der Waals surface area (Å²) in [4.78, 5) is 18.2. The summed E-state index contributed by atoms with van der Waals surface area (Å²) >= 11 is 0. The SMILES string of the molecule is O=C(NC1CCN2CCCC12)c1cccc2cc[nH]c12. The Bertz CT molecular complexity index is 648. The van der Waals surface area contributed by atoms with E-state index >= 15 is 0 Å².